The molecule has 18 heavy (non-hydrogen) atoms. The fraction of sp³-hybridized carbons (Fsp3) is 0.182. The molecule has 0 fully saturated rings. The van der Waals surface area contributed by atoms with Crippen molar-refractivity contribution in [3.8, 4) is 5.88 Å². The lowest BCUT2D eigenvalue weighted by molar-refractivity contribution is 0.300. The molecule has 7 heteroatoms. The topological polar surface area (TPSA) is 89.7 Å². The molecule has 0 aromatic carbocycles. The van der Waals surface area contributed by atoms with E-state index in [9.17, 15) is 0 Å². The van der Waals surface area contributed by atoms with Crippen LogP contribution >= 0.6 is 11.3 Å². The maximum absolute atomic E-state index is 5.69. The van der Waals surface area contributed by atoms with Gasteiger partial charge < -0.3 is 15.5 Å². The average molecular weight is 261 g/mol. The Morgan fingerprint density at radius 3 is 3.11 bits per heavy atom. The highest BCUT2D eigenvalue weighted by atomic mass is 32.1. The molecule has 3 aromatic heterocycles. The predicted molar refractivity (Wildman–Crippen MR) is 69.5 cm³/mol. The number of aryl methyl sites for hydroxylation is 1. The lowest BCUT2D eigenvalue weighted by Gasteiger charge is -2.05. The highest BCUT2D eigenvalue weighted by Crippen LogP contribution is 2.23. The zero-order chi connectivity index (χ0) is 12.5. The van der Waals surface area contributed by atoms with Crippen LogP contribution < -0.4 is 10.5 Å². The Labute approximate surface area is 107 Å². The largest absolute Gasteiger partial charge is 0.470 e. The van der Waals surface area contributed by atoms with Crippen molar-refractivity contribution in [2.24, 2.45) is 0 Å². The molecule has 0 atom stereocenters. The first-order chi connectivity index (χ1) is 8.74. The number of nitrogens with zero attached hydrogens (tertiary/aromatic N) is 3. The van der Waals surface area contributed by atoms with E-state index >= 15 is 0 Å². The summed E-state index contributed by atoms with van der Waals surface area (Å²) in [4.78, 5) is 16.2. The lowest BCUT2D eigenvalue weighted by atomic mass is 10.3. The molecule has 0 unspecified atom stereocenters. The van der Waals surface area contributed by atoms with Crippen LogP contribution in [0.5, 0.6) is 5.88 Å². The fourth-order valence-electron chi connectivity index (χ4n) is 1.61. The fourth-order valence-corrected chi connectivity index (χ4v) is 2.43. The second-order valence-corrected chi connectivity index (χ2v) is 4.80. The summed E-state index contributed by atoms with van der Waals surface area (Å²) in [5.41, 5.74) is 8.00. The molecule has 3 N–H and O–H groups in total. The van der Waals surface area contributed by atoms with Gasteiger partial charge in [0.25, 0.3) is 0 Å². The van der Waals surface area contributed by atoms with Gasteiger partial charge in [0.05, 0.1) is 6.33 Å². The van der Waals surface area contributed by atoms with Gasteiger partial charge in [0.2, 0.25) is 11.8 Å². The Balaban J connectivity index is 1.90. The first-order valence-electron chi connectivity index (χ1n) is 5.36. The molecule has 3 aromatic rings. The zero-order valence-corrected chi connectivity index (χ0v) is 10.5. The van der Waals surface area contributed by atoms with Gasteiger partial charge >= 0.3 is 0 Å². The van der Waals surface area contributed by atoms with E-state index in [0.717, 1.165) is 0 Å². The van der Waals surface area contributed by atoms with E-state index in [-0.39, 0.29) is 5.95 Å². The second kappa shape index (κ2) is 4.26. The third kappa shape index (κ3) is 1.88. The first kappa shape index (κ1) is 11.0. The average Bonchev–Trinajstić information content (AvgIpc) is 2.94. The molecule has 0 spiro atoms. The number of aromatic amines is 1. The van der Waals surface area contributed by atoms with Crippen LogP contribution in [-0.2, 0) is 6.61 Å². The van der Waals surface area contributed by atoms with E-state index in [4.69, 9.17) is 10.5 Å². The summed E-state index contributed by atoms with van der Waals surface area (Å²) in [6, 6.07) is 2.06. The number of ether oxygens (including phenoxy) is 1. The van der Waals surface area contributed by atoms with Crippen molar-refractivity contribution >= 4 is 28.4 Å². The molecule has 0 aliphatic rings. The van der Waals surface area contributed by atoms with Crippen LogP contribution in [0.25, 0.3) is 11.2 Å². The van der Waals surface area contributed by atoms with Gasteiger partial charge in [-0.25, -0.2) is 4.98 Å². The minimum Gasteiger partial charge on any atom is -0.470 e. The van der Waals surface area contributed by atoms with Crippen LogP contribution in [-0.4, -0.2) is 19.9 Å². The molecular weight excluding hydrogens is 250 g/mol. The third-order valence-electron chi connectivity index (χ3n) is 2.58. The molecule has 0 bridgehead atoms. The monoisotopic (exact) mass is 261 g/mol. The molecule has 0 aliphatic heterocycles. The van der Waals surface area contributed by atoms with Crippen molar-refractivity contribution in [1.82, 2.24) is 19.9 Å². The van der Waals surface area contributed by atoms with Crippen molar-refractivity contribution in [1.29, 1.82) is 0 Å². The molecule has 0 radical (unpaired) electrons. The van der Waals surface area contributed by atoms with Gasteiger partial charge in [-0.2, -0.15) is 9.97 Å². The highest BCUT2D eigenvalue weighted by Gasteiger charge is 2.10. The number of thiophene rings is 1. The standard InChI is InChI=1S/C11H11N5OS/c1-6-2-3-18-7(6)4-17-10-8-9(14-5-13-8)15-11(12)16-10/h2-3,5H,4H2,1H3,(H3,12,13,14,15,16). The number of H-pyrrole nitrogens is 1. The minimum atomic E-state index is 0.160. The molecule has 3 rings (SSSR count). The smallest absolute Gasteiger partial charge is 0.245 e. The number of hydrogen-bond acceptors (Lipinski definition) is 6. The molecule has 0 saturated carbocycles. The van der Waals surface area contributed by atoms with Crippen LogP contribution in [0, 0.1) is 6.92 Å². The number of rotatable bonds is 3. The molecule has 0 saturated heterocycles. The van der Waals surface area contributed by atoms with Crippen LogP contribution in [0.2, 0.25) is 0 Å². The normalized spacial score (nSPS) is 10.9. The van der Waals surface area contributed by atoms with Gasteiger partial charge in [-0.15, -0.1) is 11.3 Å². The SMILES string of the molecule is Cc1ccsc1COc1nc(N)nc2nc[nH]c12. The van der Waals surface area contributed by atoms with E-state index in [0.29, 0.717) is 23.7 Å². The second-order valence-electron chi connectivity index (χ2n) is 3.80. The predicted octanol–water partition coefficient (Wildman–Crippen LogP) is 1.88. The molecule has 3 heterocycles. The summed E-state index contributed by atoms with van der Waals surface area (Å²) in [5.74, 6) is 0.593. The molecular formula is C11H11N5OS. The van der Waals surface area contributed by atoms with E-state index in [1.807, 2.05) is 5.38 Å². The lowest BCUT2D eigenvalue weighted by Crippen LogP contribution is -2.02. The molecule has 92 valence electrons. The number of aromatic nitrogens is 4. The van der Waals surface area contributed by atoms with Crippen molar-refractivity contribution in [3.63, 3.8) is 0 Å². The number of imidazole rings is 1. The van der Waals surface area contributed by atoms with E-state index in [2.05, 4.69) is 32.9 Å². The van der Waals surface area contributed by atoms with Gasteiger partial charge in [0.15, 0.2) is 5.65 Å². The third-order valence-corrected chi connectivity index (χ3v) is 3.57. The maximum atomic E-state index is 5.69. The quantitative estimate of drug-likeness (QED) is 0.751. The minimum absolute atomic E-state index is 0.160. The maximum Gasteiger partial charge on any atom is 0.245 e. The van der Waals surface area contributed by atoms with Crippen LogP contribution in [0.15, 0.2) is 17.8 Å². The number of anilines is 1. The van der Waals surface area contributed by atoms with Gasteiger partial charge in [0, 0.05) is 4.88 Å². The van der Waals surface area contributed by atoms with Gasteiger partial charge in [-0.05, 0) is 23.9 Å². The Hall–Kier alpha value is -2.15. The summed E-state index contributed by atoms with van der Waals surface area (Å²) < 4.78 is 5.69. The zero-order valence-electron chi connectivity index (χ0n) is 9.67. The summed E-state index contributed by atoms with van der Waals surface area (Å²) in [7, 11) is 0. The highest BCUT2D eigenvalue weighted by molar-refractivity contribution is 7.10. The number of nitrogens with two attached hydrogens (primary N) is 1. The van der Waals surface area contributed by atoms with Crippen molar-refractivity contribution in [2.75, 3.05) is 5.73 Å². The number of nitrogens with one attached hydrogen (secondary N) is 1. The van der Waals surface area contributed by atoms with Crippen molar-refractivity contribution < 1.29 is 4.74 Å². The molecule has 6 nitrogen and oxygen atoms in total. The van der Waals surface area contributed by atoms with E-state index < -0.39 is 0 Å². The number of hydrogen-bond donors (Lipinski definition) is 2. The Morgan fingerprint density at radius 1 is 1.44 bits per heavy atom. The Kier molecular flexibility index (Phi) is 2.60. The summed E-state index contributed by atoms with van der Waals surface area (Å²) in [5, 5.41) is 2.04. The van der Waals surface area contributed by atoms with E-state index in [1.54, 1.807) is 17.7 Å². The van der Waals surface area contributed by atoms with Crippen molar-refractivity contribution in [3.05, 3.63) is 28.2 Å². The Morgan fingerprint density at radius 2 is 2.33 bits per heavy atom. The summed E-state index contributed by atoms with van der Waals surface area (Å²) in [6.07, 6.45) is 1.54. The van der Waals surface area contributed by atoms with Gasteiger partial charge in [0.1, 0.15) is 12.1 Å². The van der Waals surface area contributed by atoms with Gasteiger partial charge in [-0.1, -0.05) is 0 Å². The van der Waals surface area contributed by atoms with Crippen molar-refractivity contribution in [2.45, 2.75) is 13.5 Å². The van der Waals surface area contributed by atoms with Gasteiger partial charge in [-0.3, -0.25) is 0 Å². The number of nitrogen functional groups attached to an aromatic ring is 1. The molecule has 0 amide bonds. The van der Waals surface area contributed by atoms with Crippen LogP contribution in [0.4, 0.5) is 5.95 Å². The van der Waals surface area contributed by atoms with E-state index in [1.165, 1.54) is 10.4 Å². The first-order valence-corrected chi connectivity index (χ1v) is 6.24. The van der Waals surface area contributed by atoms with Crippen LogP contribution in [0.1, 0.15) is 10.4 Å². The Bertz CT molecular complexity index is 690. The summed E-state index contributed by atoms with van der Waals surface area (Å²) >= 11 is 1.65. The number of fused-ring (bicyclic) bond motifs is 1. The summed E-state index contributed by atoms with van der Waals surface area (Å²) in [6.45, 7) is 2.52. The molecule has 0 aliphatic carbocycles. The van der Waals surface area contributed by atoms with Crippen LogP contribution in [0.3, 0.4) is 0 Å².